The lowest BCUT2D eigenvalue weighted by atomic mass is 9.98. The van der Waals surface area contributed by atoms with Crippen molar-refractivity contribution < 1.29 is 43.2 Å². The van der Waals surface area contributed by atoms with Gasteiger partial charge in [0, 0.05) is 6.92 Å². The quantitative estimate of drug-likeness (QED) is 0.335. The Morgan fingerprint density at radius 3 is 1.74 bits per heavy atom. The first-order chi connectivity index (χ1) is 18.4. The summed E-state index contributed by atoms with van der Waals surface area (Å²) in [4.78, 5) is 37.9. The summed E-state index contributed by atoms with van der Waals surface area (Å²) >= 11 is 0. The van der Waals surface area contributed by atoms with Gasteiger partial charge in [0.15, 0.2) is 24.6 Å². The third-order valence-corrected chi connectivity index (χ3v) is 5.81. The molecule has 3 aromatic carbocycles. The number of hydrogen-bond donors (Lipinski definition) is 1. The lowest BCUT2D eigenvalue weighted by Crippen LogP contribution is -2.62. The third kappa shape index (κ3) is 7.04. The Kier molecular flexibility index (Phi) is 9.21. The predicted octanol–water partition coefficient (Wildman–Crippen LogP) is 3.30. The van der Waals surface area contributed by atoms with E-state index in [1.165, 1.54) is 0 Å². The van der Waals surface area contributed by atoms with Crippen LogP contribution in [0.2, 0.25) is 0 Å². The maximum atomic E-state index is 13.0. The summed E-state index contributed by atoms with van der Waals surface area (Å²) in [7, 11) is 0. The lowest BCUT2D eigenvalue weighted by Gasteiger charge is -2.43. The van der Waals surface area contributed by atoms with Gasteiger partial charge in [0.2, 0.25) is 0 Å². The third-order valence-electron chi connectivity index (χ3n) is 5.81. The molecule has 4 rings (SSSR count). The molecular formula is C29H28O9. The van der Waals surface area contributed by atoms with Crippen molar-refractivity contribution in [3.8, 4) is 0 Å². The predicted molar refractivity (Wildman–Crippen MR) is 134 cm³/mol. The highest BCUT2D eigenvalue weighted by Crippen LogP contribution is 2.29. The van der Waals surface area contributed by atoms with Gasteiger partial charge >= 0.3 is 17.9 Å². The molecule has 0 aromatic heterocycles. The molecule has 0 saturated carbocycles. The van der Waals surface area contributed by atoms with Crippen molar-refractivity contribution in [2.24, 2.45) is 0 Å². The summed E-state index contributed by atoms with van der Waals surface area (Å²) in [6.45, 7) is 1.24. The maximum absolute atomic E-state index is 13.0. The Morgan fingerprint density at radius 2 is 1.21 bits per heavy atom. The van der Waals surface area contributed by atoms with Gasteiger partial charge in [0.1, 0.15) is 6.10 Å². The van der Waals surface area contributed by atoms with E-state index < -0.39 is 48.6 Å². The molecule has 0 spiro atoms. The minimum atomic E-state index is -1.68. The number of benzene rings is 3. The van der Waals surface area contributed by atoms with Gasteiger partial charge in [0.25, 0.3) is 0 Å². The Hall–Kier alpha value is -4.05. The molecule has 1 aliphatic rings. The topological polar surface area (TPSA) is 118 Å². The smallest absolute Gasteiger partial charge is 0.338 e. The van der Waals surface area contributed by atoms with Gasteiger partial charge in [-0.1, -0.05) is 66.7 Å². The zero-order chi connectivity index (χ0) is 26.9. The van der Waals surface area contributed by atoms with Gasteiger partial charge in [0.05, 0.1) is 24.3 Å². The van der Waals surface area contributed by atoms with Gasteiger partial charge < -0.3 is 28.8 Å². The lowest BCUT2D eigenvalue weighted by molar-refractivity contribution is -0.291. The molecular weight excluding hydrogens is 492 g/mol. The van der Waals surface area contributed by atoms with Crippen LogP contribution in [0.5, 0.6) is 0 Å². The number of carbonyl (C=O) groups excluding carboxylic acids is 3. The standard InChI is InChI=1S/C29H28O9/c1-19(30)35-26-25(38-28(32)22-15-9-4-10-16-22)24(37-27(31)21-13-7-3-8-14-21)23(36-29(26)33)18-34-17-20-11-5-2-6-12-20/h2-16,23-26,29,33H,17-18H2,1H3/t23-,24-,25+,26+,29+/m1/s1. The highest BCUT2D eigenvalue weighted by Gasteiger charge is 2.52. The van der Waals surface area contributed by atoms with Crippen LogP contribution in [0.3, 0.4) is 0 Å². The van der Waals surface area contributed by atoms with Crippen molar-refractivity contribution in [3.05, 3.63) is 108 Å². The van der Waals surface area contributed by atoms with Crippen molar-refractivity contribution in [2.45, 2.75) is 44.2 Å². The Labute approximate surface area is 219 Å². The van der Waals surface area contributed by atoms with Crippen molar-refractivity contribution in [1.29, 1.82) is 0 Å². The fourth-order valence-corrected chi connectivity index (χ4v) is 4.02. The second-order valence-electron chi connectivity index (χ2n) is 8.61. The van der Waals surface area contributed by atoms with Crippen LogP contribution in [0.25, 0.3) is 0 Å². The number of esters is 3. The van der Waals surface area contributed by atoms with E-state index >= 15 is 0 Å². The maximum Gasteiger partial charge on any atom is 0.338 e. The molecule has 198 valence electrons. The monoisotopic (exact) mass is 520 g/mol. The number of carbonyl (C=O) groups is 3. The van der Waals surface area contributed by atoms with Crippen molar-refractivity contribution in [3.63, 3.8) is 0 Å². The van der Waals surface area contributed by atoms with E-state index in [0.717, 1.165) is 12.5 Å². The van der Waals surface area contributed by atoms with E-state index in [2.05, 4.69) is 0 Å². The molecule has 9 heteroatoms. The van der Waals surface area contributed by atoms with Gasteiger partial charge in [-0.3, -0.25) is 4.79 Å². The minimum Gasteiger partial charge on any atom is -0.453 e. The van der Waals surface area contributed by atoms with E-state index in [9.17, 15) is 19.5 Å². The van der Waals surface area contributed by atoms with Crippen LogP contribution in [0.15, 0.2) is 91.0 Å². The first kappa shape index (κ1) is 27.0. The molecule has 38 heavy (non-hydrogen) atoms. The molecule has 1 heterocycles. The van der Waals surface area contributed by atoms with Gasteiger partial charge in [-0.15, -0.1) is 0 Å². The molecule has 1 fully saturated rings. The largest absolute Gasteiger partial charge is 0.453 e. The summed E-state index contributed by atoms with van der Waals surface area (Å²) in [5, 5.41) is 10.7. The first-order valence-corrected chi connectivity index (χ1v) is 12.1. The minimum absolute atomic E-state index is 0.120. The molecule has 3 aromatic rings. The normalized spacial score (nSPS) is 22.7. The zero-order valence-corrected chi connectivity index (χ0v) is 20.7. The average molecular weight is 521 g/mol. The molecule has 1 aliphatic heterocycles. The van der Waals surface area contributed by atoms with E-state index in [1.54, 1.807) is 60.7 Å². The van der Waals surface area contributed by atoms with Crippen molar-refractivity contribution in [1.82, 2.24) is 0 Å². The van der Waals surface area contributed by atoms with Crippen LogP contribution < -0.4 is 0 Å². The van der Waals surface area contributed by atoms with E-state index in [0.29, 0.717) is 0 Å². The fourth-order valence-electron chi connectivity index (χ4n) is 4.02. The van der Waals surface area contributed by atoms with Crippen LogP contribution in [0, 0.1) is 0 Å². The van der Waals surface area contributed by atoms with Crippen LogP contribution in [0.4, 0.5) is 0 Å². The molecule has 0 unspecified atom stereocenters. The van der Waals surface area contributed by atoms with E-state index in [4.69, 9.17) is 23.7 Å². The molecule has 0 bridgehead atoms. The molecule has 5 atom stereocenters. The summed E-state index contributed by atoms with van der Waals surface area (Å²) in [5.74, 6) is -2.22. The second-order valence-corrected chi connectivity index (χ2v) is 8.61. The van der Waals surface area contributed by atoms with Crippen LogP contribution >= 0.6 is 0 Å². The number of aliphatic hydroxyl groups excluding tert-OH is 1. The Balaban J connectivity index is 1.62. The number of aliphatic hydroxyl groups is 1. The summed E-state index contributed by atoms with van der Waals surface area (Å²) in [5.41, 5.74) is 1.37. The molecule has 1 N–H and O–H groups in total. The molecule has 0 aliphatic carbocycles. The Morgan fingerprint density at radius 1 is 0.711 bits per heavy atom. The van der Waals surface area contributed by atoms with Crippen molar-refractivity contribution >= 4 is 17.9 Å². The van der Waals surface area contributed by atoms with Crippen molar-refractivity contribution in [2.75, 3.05) is 6.61 Å². The fraction of sp³-hybridized carbons (Fsp3) is 0.276. The Bertz CT molecular complexity index is 1200. The highest BCUT2D eigenvalue weighted by molar-refractivity contribution is 5.90. The molecule has 1 saturated heterocycles. The molecule has 0 radical (unpaired) electrons. The van der Waals surface area contributed by atoms with E-state index in [1.807, 2.05) is 30.3 Å². The first-order valence-electron chi connectivity index (χ1n) is 12.1. The SMILES string of the molecule is CC(=O)O[C@H]1[C@@H](OC(=O)c2ccccc2)[C@H](OC(=O)c2ccccc2)[C@@H](COCc2ccccc2)O[C@@H]1O. The number of ether oxygens (including phenoxy) is 5. The summed E-state index contributed by atoms with van der Waals surface area (Å²) < 4.78 is 28.3. The molecule has 9 nitrogen and oxygen atoms in total. The number of hydrogen-bond acceptors (Lipinski definition) is 9. The molecule has 0 amide bonds. The zero-order valence-electron chi connectivity index (χ0n) is 20.7. The highest BCUT2D eigenvalue weighted by atomic mass is 16.7. The van der Waals surface area contributed by atoms with Crippen LogP contribution in [-0.2, 0) is 35.1 Å². The van der Waals surface area contributed by atoms with E-state index in [-0.39, 0.29) is 24.3 Å². The van der Waals surface area contributed by atoms with Gasteiger partial charge in [-0.2, -0.15) is 0 Å². The second kappa shape index (κ2) is 13.0. The van der Waals surface area contributed by atoms with Gasteiger partial charge in [-0.25, -0.2) is 9.59 Å². The summed E-state index contributed by atoms with van der Waals surface area (Å²) in [6.07, 6.45) is -6.86. The van der Waals surface area contributed by atoms with Crippen LogP contribution in [0.1, 0.15) is 33.2 Å². The number of rotatable bonds is 9. The van der Waals surface area contributed by atoms with Gasteiger partial charge in [-0.05, 0) is 29.8 Å². The summed E-state index contributed by atoms with van der Waals surface area (Å²) in [6, 6.07) is 25.7. The average Bonchev–Trinajstić information content (AvgIpc) is 2.93. The van der Waals surface area contributed by atoms with Crippen LogP contribution in [-0.4, -0.2) is 60.3 Å².